The van der Waals surface area contributed by atoms with E-state index in [4.69, 9.17) is 0 Å². The third-order valence-corrected chi connectivity index (χ3v) is 5.37. The van der Waals surface area contributed by atoms with Gasteiger partial charge < -0.3 is 15.7 Å². The first kappa shape index (κ1) is 18.2. The first-order chi connectivity index (χ1) is 12.4. The SMILES string of the molecule is C[C@@H](CNc1ncc(C#N)c(N[C@@H]2C[C@H](O)C2(C)C)n1)c1ccccc1. The van der Waals surface area contributed by atoms with Crippen molar-refractivity contribution in [2.24, 2.45) is 5.41 Å². The van der Waals surface area contributed by atoms with Gasteiger partial charge in [-0.2, -0.15) is 10.2 Å². The van der Waals surface area contributed by atoms with Crippen molar-refractivity contribution >= 4 is 11.8 Å². The van der Waals surface area contributed by atoms with Crippen molar-refractivity contribution < 1.29 is 5.11 Å². The summed E-state index contributed by atoms with van der Waals surface area (Å²) in [5.41, 5.74) is 1.41. The van der Waals surface area contributed by atoms with Crippen LogP contribution in [0, 0.1) is 16.7 Å². The molecule has 0 saturated heterocycles. The van der Waals surface area contributed by atoms with Gasteiger partial charge in [0.25, 0.3) is 0 Å². The number of aliphatic hydroxyl groups is 1. The van der Waals surface area contributed by atoms with Gasteiger partial charge in [0.1, 0.15) is 17.5 Å². The van der Waals surface area contributed by atoms with Crippen LogP contribution < -0.4 is 10.6 Å². The van der Waals surface area contributed by atoms with E-state index in [2.05, 4.69) is 45.7 Å². The van der Waals surface area contributed by atoms with Crippen molar-refractivity contribution in [1.29, 1.82) is 5.26 Å². The molecule has 1 aliphatic rings. The smallest absolute Gasteiger partial charge is 0.224 e. The molecule has 3 rings (SSSR count). The molecule has 0 bridgehead atoms. The predicted molar refractivity (Wildman–Crippen MR) is 102 cm³/mol. The van der Waals surface area contributed by atoms with Gasteiger partial charge in [0.05, 0.1) is 12.3 Å². The highest BCUT2D eigenvalue weighted by atomic mass is 16.3. The van der Waals surface area contributed by atoms with E-state index in [-0.39, 0.29) is 17.6 Å². The van der Waals surface area contributed by atoms with Crippen molar-refractivity contribution in [2.45, 2.75) is 45.3 Å². The summed E-state index contributed by atoms with van der Waals surface area (Å²) in [7, 11) is 0. The Hall–Kier alpha value is -2.65. The van der Waals surface area contributed by atoms with E-state index in [1.54, 1.807) is 0 Å². The number of benzene rings is 1. The van der Waals surface area contributed by atoms with Gasteiger partial charge in [0.15, 0.2) is 0 Å². The van der Waals surface area contributed by atoms with Crippen LogP contribution in [-0.2, 0) is 0 Å². The van der Waals surface area contributed by atoms with Gasteiger partial charge in [-0.25, -0.2) is 4.98 Å². The lowest BCUT2D eigenvalue weighted by Crippen LogP contribution is -2.57. The molecule has 1 saturated carbocycles. The van der Waals surface area contributed by atoms with E-state index < -0.39 is 0 Å². The van der Waals surface area contributed by atoms with E-state index in [1.807, 2.05) is 32.0 Å². The van der Waals surface area contributed by atoms with Crippen LogP contribution in [-0.4, -0.2) is 33.8 Å². The lowest BCUT2D eigenvalue weighted by Gasteiger charge is -2.49. The van der Waals surface area contributed by atoms with Gasteiger partial charge in [-0.1, -0.05) is 51.1 Å². The summed E-state index contributed by atoms with van der Waals surface area (Å²) < 4.78 is 0. The van der Waals surface area contributed by atoms with Crippen LogP contribution in [0.1, 0.15) is 44.2 Å². The number of nitrogens with one attached hydrogen (secondary N) is 2. The van der Waals surface area contributed by atoms with Crippen LogP contribution in [0.15, 0.2) is 36.5 Å². The van der Waals surface area contributed by atoms with Crippen LogP contribution in [0.4, 0.5) is 11.8 Å². The summed E-state index contributed by atoms with van der Waals surface area (Å²) in [5.74, 6) is 1.32. The first-order valence-electron chi connectivity index (χ1n) is 8.92. The van der Waals surface area contributed by atoms with Gasteiger partial charge in [-0.15, -0.1) is 0 Å². The number of nitrogens with zero attached hydrogens (tertiary/aromatic N) is 3. The third-order valence-electron chi connectivity index (χ3n) is 5.37. The second kappa shape index (κ2) is 7.30. The highest BCUT2D eigenvalue weighted by Crippen LogP contribution is 2.42. The Balaban J connectivity index is 1.69. The number of anilines is 2. The van der Waals surface area contributed by atoms with Crippen LogP contribution in [0.2, 0.25) is 0 Å². The molecule has 0 spiro atoms. The number of hydrogen-bond donors (Lipinski definition) is 3. The average Bonchev–Trinajstić information content (AvgIpc) is 2.66. The lowest BCUT2D eigenvalue weighted by molar-refractivity contribution is -0.0511. The Kier molecular flexibility index (Phi) is 5.10. The largest absolute Gasteiger partial charge is 0.392 e. The zero-order valence-corrected chi connectivity index (χ0v) is 15.4. The normalized spacial score (nSPS) is 22.0. The number of rotatable bonds is 6. The Morgan fingerprint density at radius 3 is 2.69 bits per heavy atom. The van der Waals surface area contributed by atoms with E-state index in [1.165, 1.54) is 11.8 Å². The molecule has 0 radical (unpaired) electrons. The van der Waals surface area contributed by atoms with Crippen LogP contribution >= 0.6 is 0 Å². The fourth-order valence-electron chi connectivity index (χ4n) is 3.12. The summed E-state index contributed by atoms with van der Waals surface area (Å²) in [5, 5.41) is 25.8. The summed E-state index contributed by atoms with van der Waals surface area (Å²) in [6.45, 7) is 6.85. The zero-order valence-electron chi connectivity index (χ0n) is 15.4. The number of aliphatic hydroxyl groups excluding tert-OH is 1. The molecule has 2 aromatic rings. The molecular formula is C20H25N5O. The molecule has 0 aliphatic heterocycles. The maximum absolute atomic E-state index is 9.91. The number of aromatic nitrogens is 2. The van der Waals surface area contributed by atoms with Gasteiger partial charge in [0, 0.05) is 18.0 Å². The number of nitriles is 1. The average molecular weight is 351 g/mol. The molecule has 0 amide bonds. The van der Waals surface area contributed by atoms with E-state index in [0.717, 1.165) is 0 Å². The Bertz CT molecular complexity index is 800. The minimum Gasteiger partial charge on any atom is -0.392 e. The van der Waals surface area contributed by atoms with Gasteiger partial charge in [-0.05, 0) is 17.9 Å². The molecule has 1 fully saturated rings. The molecule has 6 nitrogen and oxygen atoms in total. The highest BCUT2D eigenvalue weighted by Gasteiger charge is 2.47. The Labute approximate surface area is 154 Å². The Morgan fingerprint density at radius 2 is 2.08 bits per heavy atom. The molecule has 6 heteroatoms. The third kappa shape index (κ3) is 3.63. The maximum atomic E-state index is 9.91. The van der Waals surface area contributed by atoms with Crippen molar-refractivity contribution in [1.82, 2.24) is 9.97 Å². The van der Waals surface area contributed by atoms with Gasteiger partial charge >= 0.3 is 0 Å². The highest BCUT2D eigenvalue weighted by molar-refractivity contribution is 5.54. The quantitative estimate of drug-likeness (QED) is 0.740. The second-order valence-corrected chi connectivity index (χ2v) is 7.53. The minimum absolute atomic E-state index is 0.0793. The topological polar surface area (TPSA) is 93.9 Å². The lowest BCUT2D eigenvalue weighted by atomic mass is 9.64. The molecule has 1 aromatic heterocycles. The van der Waals surface area contributed by atoms with Crippen LogP contribution in [0.5, 0.6) is 0 Å². The molecule has 1 aromatic carbocycles. The molecule has 0 unspecified atom stereocenters. The summed E-state index contributed by atoms with van der Waals surface area (Å²) in [4.78, 5) is 8.73. The molecule has 26 heavy (non-hydrogen) atoms. The zero-order chi connectivity index (χ0) is 18.7. The molecule has 3 N–H and O–H groups in total. The minimum atomic E-state index is -0.336. The van der Waals surface area contributed by atoms with Crippen LogP contribution in [0.25, 0.3) is 0 Å². The monoisotopic (exact) mass is 351 g/mol. The fraction of sp³-hybridized carbons (Fsp3) is 0.450. The summed E-state index contributed by atoms with van der Waals surface area (Å²) in [6.07, 6.45) is 1.85. The molecule has 1 heterocycles. The molecule has 3 atom stereocenters. The summed E-state index contributed by atoms with van der Waals surface area (Å²) in [6, 6.07) is 12.5. The van der Waals surface area contributed by atoms with E-state index >= 15 is 0 Å². The van der Waals surface area contributed by atoms with Crippen molar-refractivity contribution in [3.8, 4) is 6.07 Å². The summed E-state index contributed by atoms with van der Waals surface area (Å²) >= 11 is 0. The number of hydrogen-bond acceptors (Lipinski definition) is 6. The maximum Gasteiger partial charge on any atom is 0.224 e. The van der Waals surface area contributed by atoms with Crippen LogP contribution in [0.3, 0.4) is 0 Å². The van der Waals surface area contributed by atoms with E-state index in [9.17, 15) is 10.4 Å². The Morgan fingerprint density at radius 1 is 1.35 bits per heavy atom. The predicted octanol–water partition coefficient (Wildman–Crippen LogP) is 3.14. The van der Waals surface area contributed by atoms with Crippen molar-refractivity contribution in [3.63, 3.8) is 0 Å². The van der Waals surface area contributed by atoms with Gasteiger partial charge in [0.2, 0.25) is 5.95 Å². The molecule has 136 valence electrons. The van der Waals surface area contributed by atoms with E-state index in [0.29, 0.717) is 36.2 Å². The molecular weight excluding hydrogens is 326 g/mol. The molecule has 1 aliphatic carbocycles. The fourth-order valence-corrected chi connectivity index (χ4v) is 3.12. The van der Waals surface area contributed by atoms with Crippen molar-refractivity contribution in [3.05, 3.63) is 47.7 Å². The first-order valence-corrected chi connectivity index (χ1v) is 8.92. The standard InChI is InChI=1S/C20H25N5O/c1-13(14-7-5-4-6-8-14)11-22-19-23-12-15(10-21)18(25-19)24-16-9-17(26)20(16,2)3/h4-8,12-13,16-17,26H,9,11H2,1-3H3,(H2,22,23,24,25)/t13-,16+,17-/m0/s1. The van der Waals surface area contributed by atoms with Gasteiger partial charge in [-0.3, -0.25) is 0 Å². The second-order valence-electron chi connectivity index (χ2n) is 7.53. The van der Waals surface area contributed by atoms with Crippen molar-refractivity contribution in [2.75, 3.05) is 17.2 Å².